The second-order valence-electron chi connectivity index (χ2n) is 5.66. The van der Waals surface area contributed by atoms with E-state index in [0.717, 1.165) is 56.6 Å². The summed E-state index contributed by atoms with van der Waals surface area (Å²) < 4.78 is 7.50. The quantitative estimate of drug-likeness (QED) is 0.853. The Hall–Kier alpha value is -1.76. The zero-order valence-corrected chi connectivity index (χ0v) is 12.9. The van der Waals surface area contributed by atoms with E-state index in [1.54, 1.807) is 0 Å². The molecule has 3 heterocycles. The molecule has 7 nitrogen and oxygen atoms in total. The fraction of sp³-hybridized carbons (Fsp3) is 0.714. The molecular weight excluding hydrogens is 268 g/mol. The van der Waals surface area contributed by atoms with Crippen LogP contribution in [-0.2, 0) is 13.1 Å². The van der Waals surface area contributed by atoms with Crippen molar-refractivity contribution in [3.8, 4) is 0 Å². The SMILES string of the molecule is CCn1c(C)nnc1CN1CCCC(c2nc(C)no2)C1. The smallest absolute Gasteiger partial charge is 0.231 e. The van der Waals surface area contributed by atoms with Gasteiger partial charge in [0.25, 0.3) is 0 Å². The molecule has 0 amide bonds. The lowest BCUT2D eigenvalue weighted by Gasteiger charge is -2.30. The largest absolute Gasteiger partial charge is 0.339 e. The molecule has 1 unspecified atom stereocenters. The third-order valence-electron chi connectivity index (χ3n) is 4.09. The molecule has 114 valence electrons. The van der Waals surface area contributed by atoms with Gasteiger partial charge in [0.05, 0.1) is 12.5 Å². The van der Waals surface area contributed by atoms with Gasteiger partial charge < -0.3 is 9.09 Å². The molecule has 0 N–H and O–H groups in total. The van der Waals surface area contributed by atoms with Crippen LogP contribution in [0.4, 0.5) is 0 Å². The van der Waals surface area contributed by atoms with E-state index >= 15 is 0 Å². The first-order valence-corrected chi connectivity index (χ1v) is 7.58. The summed E-state index contributed by atoms with van der Waals surface area (Å²) >= 11 is 0. The third kappa shape index (κ3) is 2.97. The van der Waals surface area contributed by atoms with Gasteiger partial charge in [-0.15, -0.1) is 10.2 Å². The van der Waals surface area contributed by atoms with Gasteiger partial charge in [-0.3, -0.25) is 4.90 Å². The van der Waals surface area contributed by atoms with Gasteiger partial charge in [0.15, 0.2) is 5.82 Å². The summed E-state index contributed by atoms with van der Waals surface area (Å²) in [6.07, 6.45) is 2.25. The Morgan fingerprint density at radius 3 is 2.86 bits per heavy atom. The number of hydrogen-bond acceptors (Lipinski definition) is 6. The Morgan fingerprint density at radius 1 is 1.29 bits per heavy atom. The van der Waals surface area contributed by atoms with E-state index in [4.69, 9.17) is 4.52 Å². The van der Waals surface area contributed by atoms with Crippen LogP contribution in [0.15, 0.2) is 4.52 Å². The molecule has 0 saturated carbocycles. The molecule has 2 aromatic heterocycles. The van der Waals surface area contributed by atoms with Crippen molar-refractivity contribution in [2.45, 2.75) is 52.6 Å². The van der Waals surface area contributed by atoms with E-state index in [2.05, 4.69) is 36.7 Å². The molecule has 0 aromatic carbocycles. The van der Waals surface area contributed by atoms with Crippen LogP contribution in [0.2, 0.25) is 0 Å². The second-order valence-corrected chi connectivity index (χ2v) is 5.66. The predicted molar refractivity (Wildman–Crippen MR) is 76.7 cm³/mol. The molecule has 1 atom stereocenters. The summed E-state index contributed by atoms with van der Waals surface area (Å²) in [5.74, 6) is 3.83. The van der Waals surface area contributed by atoms with Crippen molar-refractivity contribution < 1.29 is 4.52 Å². The lowest BCUT2D eigenvalue weighted by atomic mass is 9.98. The Bertz CT molecular complexity index is 604. The number of nitrogens with zero attached hydrogens (tertiary/aromatic N) is 6. The van der Waals surface area contributed by atoms with Crippen LogP contribution in [0, 0.1) is 13.8 Å². The van der Waals surface area contributed by atoms with Crippen molar-refractivity contribution in [2.24, 2.45) is 0 Å². The number of aryl methyl sites for hydroxylation is 2. The topological polar surface area (TPSA) is 72.9 Å². The first-order valence-electron chi connectivity index (χ1n) is 7.58. The minimum absolute atomic E-state index is 0.332. The van der Waals surface area contributed by atoms with Gasteiger partial charge in [-0.1, -0.05) is 5.16 Å². The monoisotopic (exact) mass is 290 g/mol. The molecule has 1 fully saturated rings. The number of piperidine rings is 1. The van der Waals surface area contributed by atoms with Crippen LogP contribution in [0.1, 0.15) is 49.0 Å². The predicted octanol–water partition coefficient (Wildman–Crippen LogP) is 1.68. The molecule has 1 aliphatic rings. The van der Waals surface area contributed by atoms with Crippen LogP contribution < -0.4 is 0 Å². The van der Waals surface area contributed by atoms with Gasteiger partial charge >= 0.3 is 0 Å². The summed E-state index contributed by atoms with van der Waals surface area (Å²) in [5, 5.41) is 12.4. The fourth-order valence-electron chi connectivity index (χ4n) is 3.03. The summed E-state index contributed by atoms with van der Waals surface area (Å²) in [6.45, 7) is 9.75. The average Bonchev–Trinajstić information content (AvgIpc) is 3.06. The zero-order chi connectivity index (χ0) is 14.8. The minimum atomic E-state index is 0.332. The summed E-state index contributed by atoms with van der Waals surface area (Å²) in [4.78, 5) is 6.78. The average molecular weight is 290 g/mol. The standard InChI is InChI=1S/C14H22N6O/c1-4-20-11(3)16-17-13(20)9-19-7-5-6-12(8-19)14-15-10(2)18-21-14/h12H,4-9H2,1-3H3. The van der Waals surface area contributed by atoms with E-state index in [9.17, 15) is 0 Å². The van der Waals surface area contributed by atoms with E-state index in [1.807, 2.05) is 13.8 Å². The van der Waals surface area contributed by atoms with Crippen LogP contribution >= 0.6 is 0 Å². The Labute approximate surface area is 124 Å². The van der Waals surface area contributed by atoms with E-state index in [-0.39, 0.29) is 0 Å². The summed E-state index contributed by atoms with van der Waals surface area (Å²) in [7, 11) is 0. The maximum absolute atomic E-state index is 5.33. The molecule has 0 spiro atoms. The van der Waals surface area contributed by atoms with Crippen LogP contribution in [0.25, 0.3) is 0 Å². The Balaban J connectivity index is 1.68. The zero-order valence-electron chi connectivity index (χ0n) is 12.9. The molecule has 3 rings (SSSR count). The van der Waals surface area contributed by atoms with Gasteiger partial charge in [-0.25, -0.2) is 0 Å². The van der Waals surface area contributed by atoms with E-state index < -0.39 is 0 Å². The summed E-state index contributed by atoms with van der Waals surface area (Å²) in [5.41, 5.74) is 0. The van der Waals surface area contributed by atoms with Gasteiger partial charge in [0, 0.05) is 13.1 Å². The van der Waals surface area contributed by atoms with Gasteiger partial charge in [-0.2, -0.15) is 4.98 Å². The number of rotatable bonds is 4. The van der Waals surface area contributed by atoms with Gasteiger partial charge in [0.1, 0.15) is 11.6 Å². The van der Waals surface area contributed by atoms with E-state index in [1.165, 1.54) is 0 Å². The highest BCUT2D eigenvalue weighted by Crippen LogP contribution is 2.26. The third-order valence-corrected chi connectivity index (χ3v) is 4.09. The minimum Gasteiger partial charge on any atom is -0.339 e. The van der Waals surface area contributed by atoms with Crippen molar-refractivity contribution >= 4 is 0 Å². The van der Waals surface area contributed by atoms with Crippen molar-refractivity contribution in [3.63, 3.8) is 0 Å². The van der Waals surface area contributed by atoms with E-state index in [0.29, 0.717) is 11.7 Å². The highest BCUT2D eigenvalue weighted by molar-refractivity contribution is 4.99. The number of hydrogen-bond donors (Lipinski definition) is 0. The maximum atomic E-state index is 5.33. The van der Waals surface area contributed by atoms with Crippen molar-refractivity contribution in [1.82, 2.24) is 29.8 Å². The Morgan fingerprint density at radius 2 is 2.14 bits per heavy atom. The van der Waals surface area contributed by atoms with Crippen molar-refractivity contribution in [3.05, 3.63) is 23.4 Å². The number of aromatic nitrogens is 5. The first-order chi connectivity index (χ1) is 10.2. The van der Waals surface area contributed by atoms with Gasteiger partial charge in [0.2, 0.25) is 5.89 Å². The molecule has 21 heavy (non-hydrogen) atoms. The molecule has 0 radical (unpaired) electrons. The molecule has 7 heteroatoms. The first kappa shape index (κ1) is 14.2. The Kier molecular flexibility index (Phi) is 4.01. The molecule has 0 bridgehead atoms. The van der Waals surface area contributed by atoms with Crippen molar-refractivity contribution in [2.75, 3.05) is 13.1 Å². The summed E-state index contributed by atoms with van der Waals surface area (Å²) in [6, 6.07) is 0. The number of likely N-dealkylation sites (tertiary alicyclic amines) is 1. The lowest BCUT2D eigenvalue weighted by molar-refractivity contribution is 0.174. The maximum Gasteiger partial charge on any atom is 0.231 e. The fourth-order valence-corrected chi connectivity index (χ4v) is 3.03. The molecule has 1 saturated heterocycles. The molecule has 2 aromatic rings. The van der Waals surface area contributed by atoms with Crippen LogP contribution in [0.3, 0.4) is 0 Å². The normalized spacial score (nSPS) is 20.0. The highest BCUT2D eigenvalue weighted by atomic mass is 16.5. The molecule has 1 aliphatic heterocycles. The van der Waals surface area contributed by atoms with Crippen LogP contribution in [0.5, 0.6) is 0 Å². The van der Waals surface area contributed by atoms with Crippen LogP contribution in [-0.4, -0.2) is 42.9 Å². The molecule has 0 aliphatic carbocycles. The highest BCUT2D eigenvalue weighted by Gasteiger charge is 2.26. The van der Waals surface area contributed by atoms with Crippen molar-refractivity contribution in [1.29, 1.82) is 0 Å². The lowest BCUT2D eigenvalue weighted by Crippen LogP contribution is -2.35. The van der Waals surface area contributed by atoms with Gasteiger partial charge in [-0.05, 0) is 40.2 Å². The second kappa shape index (κ2) is 5.93. The molecular formula is C14H22N6O.